The van der Waals surface area contributed by atoms with Crippen molar-refractivity contribution >= 4 is 11.9 Å². The van der Waals surface area contributed by atoms with Crippen molar-refractivity contribution in [1.82, 2.24) is 10.2 Å². The third kappa shape index (κ3) is 1.05. The lowest BCUT2D eigenvalue weighted by Crippen LogP contribution is -2.35. The number of carbonyl (C=O) groups excluding carboxylic acids is 1. The first-order valence-electron chi connectivity index (χ1n) is 4.43. The van der Waals surface area contributed by atoms with Gasteiger partial charge in [0.1, 0.15) is 5.84 Å². The second kappa shape index (κ2) is 2.58. The summed E-state index contributed by atoms with van der Waals surface area (Å²) >= 11 is 0. The van der Waals surface area contributed by atoms with E-state index in [9.17, 15) is 4.79 Å². The Morgan fingerprint density at radius 1 is 1.54 bits per heavy atom. The second-order valence-corrected chi connectivity index (χ2v) is 3.48. The number of hydrogen-bond donors (Lipinski definition) is 1. The molecule has 1 saturated heterocycles. The summed E-state index contributed by atoms with van der Waals surface area (Å²) in [6.07, 6.45) is 0. The topological polar surface area (TPSA) is 44.7 Å². The van der Waals surface area contributed by atoms with Crippen LogP contribution in [-0.4, -0.2) is 29.4 Å². The first-order chi connectivity index (χ1) is 6.11. The van der Waals surface area contributed by atoms with Gasteiger partial charge in [-0.25, -0.2) is 4.79 Å². The molecule has 0 aromatic heterocycles. The van der Waals surface area contributed by atoms with Gasteiger partial charge >= 0.3 is 6.03 Å². The summed E-state index contributed by atoms with van der Waals surface area (Å²) in [5.41, 5.74) is 2.26. The molecular weight excluding hydrogens is 166 g/mol. The Bertz CT molecular complexity index is 330. The van der Waals surface area contributed by atoms with Crippen molar-refractivity contribution in [2.24, 2.45) is 4.99 Å². The minimum Gasteiger partial charge on any atom is -0.332 e. The van der Waals surface area contributed by atoms with Crippen molar-refractivity contribution in [1.29, 1.82) is 0 Å². The summed E-state index contributed by atoms with van der Waals surface area (Å²) in [5, 5.41) is 2.79. The van der Waals surface area contributed by atoms with Crippen LogP contribution in [0.3, 0.4) is 0 Å². The molecule has 2 heterocycles. The normalized spacial score (nSPS) is 27.3. The molecule has 2 rings (SSSR count). The zero-order chi connectivity index (χ0) is 9.59. The Hall–Kier alpha value is -1.32. The van der Waals surface area contributed by atoms with E-state index >= 15 is 0 Å². The van der Waals surface area contributed by atoms with Crippen molar-refractivity contribution in [3.63, 3.8) is 0 Å². The molecule has 0 radical (unpaired) electrons. The highest BCUT2D eigenvalue weighted by Crippen LogP contribution is 2.24. The molecule has 2 amide bonds. The van der Waals surface area contributed by atoms with Gasteiger partial charge in [-0.2, -0.15) is 0 Å². The monoisotopic (exact) mass is 179 g/mol. The molecule has 1 N–H and O–H groups in total. The van der Waals surface area contributed by atoms with Crippen LogP contribution in [0.5, 0.6) is 0 Å². The fraction of sp³-hybridized carbons (Fsp3) is 0.556. The van der Waals surface area contributed by atoms with E-state index in [1.165, 1.54) is 5.57 Å². The van der Waals surface area contributed by atoms with Gasteiger partial charge in [-0.3, -0.25) is 9.89 Å². The molecule has 4 heteroatoms. The van der Waals surface area contributed by atoms with E-state index in [4.69, 9.17) is 0 Å². The number of urea groups is 1. The maximum Gasteiger partial charge on any atom is 0.327 e. The fourth-order valence-electron chi connectivity index (χ4n) is 1.77. The van der Waals surface area contributed by atoms with Crippen LogP contribution in [0, 0.1) is 0 Å². The first kappa shape index (κ1) is 8.29. The number of nitrogens with zero attached hydrogens (tertiary/aromatic N) is 2. The number of aliphatic imine (C=N–C) groups is 1. The summed E-state index contributed by atoms with van der Waals surface area (Å²) in [5.74, 6) is 0.795. The van der Waals surface area contributed by atoms with Crippen molar-refractivity contribution in [2.45, 2.75) is 26.8 Å². The van der Waals surface area contributed by atoms with Gasteiger partial charge in [0.15, 0.2) is 0 Å². The van der Waals surface area contributed by atoms with Gasteiger partial charge in [0, 0.05) is 5.70 Å². The molecule has 0 spiro atoms. The molecule has 0 saturated carbocycles. The number of carbonyl (C=O) groups is 1. The lowest BCUT2D eigenvalue weighted by molar-refractivity contribution is 0.236. The highest BCUT2D eigenvalue weighted by atomic mass is 16.2. The number of amidine groups is 1. The molecule has 0 bridgehead atoms. The van der Waals surface area contributed by atoms with Crippen LogP contribution in [-0.2, 0) is 0 Å². The predicted molar refractivity (Wildman–Crippen MR) is 50.5 cm³/mol. The molecule has 1 unspecified atom stereocenters. The van der Waals surface area contributed by atoms with E-state index in [2.05, 4.69) is 10.3 Å². The van der Waals surface area contributed by atoms with Gasteiger partial charge in [-0.1, -0.05) is 0 Å². The van der Waals surface area contributed by atoms with Gasteiger partial charge in [0.25, 0.3) is 0 Å². The summed E-state index contributed by atoms with van der Waals surface area (Å²) < 4.78 is 0. The van der Waals surface area contributed by atoms with E-state index in [0.29, 0.717) is 6.54 Å². The highest BCUT2D eigenvalue weighted by molar-refractivity contribution is 6.01. The van der Waals surface area contributed by atoms with Gasteiger partial charge < -0.3 is 5.32 Å². The first-order valence-corrected chi connectivity index (χ1v) is 4.43. The zero-order valence-corrected chi connectivity index (χ0v) is 8.09. The largest absolute Gasteiger partial charge is 0.332 e. The SMILES string of the molecule is CC1=NC(C)C(C)=C2CNC(=O)N12. The van der Waals surface area contributed by atoms with Crippen LogP contribution >= 0.6 is 0 Å². The van der Waals surface area contributed by atoms with Gasteiger partial charge in [-0.15, -0.1) is 0 Å². The van der Waals surface area contributed by atoms with Crippen LogP contribution in [0.15, 0.2) is 16.3 Å². The minimum absolute atomic E-state index is 0.0532. The van der Waals surface area contributed by atoms with Crippen LogP contribution in [0.25, 0.3) is 0 Å². The number of amides is 2. The molecular formula is C9H13N3O. The van der Waals surface area contributed by atoms with E-state index in [1.807, 2.05) is 20.8 Å². The quantitative estimate of drug-likeness (QED) is 0.594. The molecule has 0 aromatic carbocycles. The average molecular weight is 179 g/mol. The third-order valence-corrected chi connectivity index (χ3v) is 2.67. The Labute approximate surface area is 77.3 Å². The molecule has 0 aliphatic carbocycles. The summed E-state index contributed by atoms with van der Waals surface area (Å²) in [6.45, 7) is 6.59. The van der Waals surface area contributed by atoms with Crippen molar-refractivity contribution in [2.75, 3.05) is 6.54 Å². The van der Waals surface area contributed by atoms with Crippen LogP contribution in [0.1, 0.15) is 20.8 Å². The zero-order valence-electron chi connectivity index (χ0n) is 8.09. The molecule has 2 aliphatic rings. The lowest BCUT2D eigenvalue weighted by Gasteiger charge is -2.25. The molecule has 1 atom stereocenters. The van der Waals surface area contributed by atoms with Gasteiger partial charge in [0.2, 0.25) is 0 Å². The molecule has 70 valence electrons. The molecule has 4 nitrogen and oxygen atoms in total. The second-order valence-electron chi connectivity index (χ2n) is 3.48. The molecule has 0 aromatic rings. The number of nitrogens with one attached hydrogen (secondary N) is 1. The Kier molecular flexibility index (Phi) is 1.65. The van der Waals surface area contributed by atoms with Crippen LogP contribution in [0.4, 0.5) is 4.79 Å². The van der Waals surface area contributed by atoms with Crippen molar-refractivity contribution in [3.05, 3.63) is 11.3 Å². The number of hydrogen-bond acceptors (Lipinski definition) is 2. The summed E-state index contributed by atoms with van der Waals surface area (Å²) in [7, 11) is 0. The van der Waals surface area contributed by atoms with Gasteiger partial charge in [0.05, 0.1) is 12.6 Å². The van der Waals surface area contributed by atoms with Crippen molar-refractivity contribution in [3.8, 4) is 0 Å². The molecule has 13 heavy (non-hydrogen) atoms. The number of rotatable bonds is 0. The van der Waals surface area contributed by atoms with Crippen LogP contribution < -0.4 is 5.32 Å². The Morgan fingerprint density at radius 3 is 2.92 bits per heavy atom. The Balaban J connectivity index is 2.46. The van der Waals surface area contributed by atoms with E-state index < -0.39 is 0 Å². The third-order valence-electron chi connectivity index (χ3n) is 2.67. The predicted octanol–water partition coefficient (Wildman–Crippen LogP) is 1.11. The van der Waals surface area contributed by atoms with Crippen LogP contribution in [0.2, 0.25) is 0 Å². The lowest BCUT2D eigenvalue weighted by atomic mass is 10.1. The maximum absolute atomic E-state index is 11.4. The van der Waals surface area contributed by atoms with E-state index in [1.54, 1.807) is 4.90 Å². The average Bonchev–Trinajstić information content (AvgIpc) is 2.44. The van der Waals surface area contributed by atoms with E-state index in [-0.39, 0.29) is 12.1 Å². The highest BCUT2D eigenvalue weighted by Gasteiger charge is 2.33. The fourth-order valence-corrected chi connectivity index (χ4v) is 1.77. The van der Waals surface area contributed by atoms with Gasteiger partial charge in [-0.05, 0) is 26.3 Å². The minimum atomic E-state index is -0.0532. The summed E-state index contributed by atoms with van der Waals surface area (Å²) in [4.78, 5) is 17.4. The van der Waals surface area contributed by atoms with E-state index in [0.717, 1.165) is 11.5 Å². The maximum atomic E-state index is 11.4. The molecule has 2 aliphatic heterocycles. The Morgan fingerprint density at radius 2 is 2.23 bits per heavy atom. The summed E-state index contributed by atoms with van der Waals surface area (Å²) in [6, 6.07) is 0.154. The smallest absolute Gasteiger partial charge is 0.327 e. The number of fused-ring (bicyclic) bond motifs is 1. The molecule has 1 fully saturated rings. The van der Waals surface area contributed by atoms with Crippen molar-refractivity contribution < 1.29 is 4.79 Å². The standard InChI is InChI=1S/C9H13N3O/c1-5-6(2)11-7(3)12-8(5)4-10-9(12)13/h6H,4H2,1-3H3,(H,10,13).